The molecule has 0 aliphatic carbocycles. The van der Waals surface area contributed by atoms with Gasteiger partial charge in [-0.05, 0) is 42.3 Å². The third-order valence-corrected chi connectivity index (χ3v) is 2.77. The van der Waals surface area contributed by atoms with Crippen LogP contribution >= 0.6 is 11.6 Å². The van der Waals surface area contributed by atoms with Crippen LogP contribution < -0.4 is 5.32 Å². The minimum absolute atomic E-state index is 0.309. The lowest BCUT2D eigenvalue weighted by molar-refractivity contribution is 0.620. The lowest BCUT2D eigenvalue weighted by Gasteiger charge is -2.06. The first-order valence-electron chi connectivity index (χ1n) is 5.71. The van der Waals surface area contributed by atoms with E-state index in [2.05, 4.69) is 10.3 Å². The molecule has 1 N–H and O–H groups in total. The van der Waals surface area contributed by atoms with Gasteiger partial charge in [-0.3, -0.25) is 4.98 Å². The molecule has 4 heteroatoms. The van der Waals surface area contributed by atoms with E-state index in [1.165, 1.54) is 12.1 Å². The van der Waals surface area contributed by atoms with Crippen LogP contribution in [0.15, 0.2) is 36.5 Å². The van der Waals surface area contributed by atoms with Gasteiger partial charge >= 0.3 is 0 Å². The number of halogens is 2. The molecular formula is C14H14ClFN2. The van der Waals surface area contributed by atoms with E-state index in [4.69, 9.17) is 11.6 Å². The van der Waals surface area contributed by atoms with Crippen molar-refractivity contribution in [3.8, 4) is 0 Å². The number of pyridine rings is 1. The zero-order valence-corrected chi connectivity index (χ0v) is 10.8. The Bertz CT molecular complexity index is 506. The van der Waals surface area contributed by atoms with Gasteiger partial charge in [-0.25, -0.2) is 4.39 Å². The minimum atomic E-state index is -0.309. The fourth-order valence-electron chi connectivity index (χ4n) is 1.67. The Morgan fingerprint density at radius 1 is 1.17 bits per heavy atom. The summed E-state index contributed by atoms with van der Waals surface area (Å²) in [5, 5.41) is 3.65. The Hall–Kier alpha value is -1.45. The van der Waals surface area contributed by atoms with E-state index >= 15 is 0 Å². The summed E-state index contributed by atoms with van der Waals surface area (Å²) >= 11 is 5.79. The summed E-state index contributed by atoms with van der Waals surface area (Å²) in [6.45, 7) is 3.22. The van der Waals surface area contributed by atoms with Gasteiger partial charge in [0, 0.05) is 30.0 Å². The van der Waals surface area contributed by atoms with Crippen molar-refractivity contribution in [1.29, 1.82) is 0 Å². The number of hydrogen-bond donors (Lipinski definition) is 1. The van der Waals surface area contributed by atoms with Crippen LogP contribution in [0, 0.1) is 12.7 Å². The third-order valence-electron chi connectivity index (χ3n) is 2.55. The van der Waals surface area contributed by atoms with Crippen molar-refractivity contribution in [3.05, 3.63) is 64.2 Å². The highest BCUT2D eigenvalue weighted by Crippen LogP contribution is 2.14. The van der Waals surface area contributed by atoms with E-state index in [0.717, 1.165) is 16.8 Å². The summed E-state index contributed by atoms with van der Waals surface area (Å²) in [6, 6.07) is 8.52. The van der Waals surface area contributed by atoms with Gasteiger partial charge in [-0.15, -0.1) is 0 Å². The van der Waals surface area contributed by atoms with Crippen LogP contribution in [0.1, 0.15) is 16.8 Å². The lowest BCUT2D eigenvalue weighted by atomic mass is 10.2. The van der Waals surface area contributed by atoms with Gasteiger partial charge in [-0.2, -0.15) is 0 Å². The van der Waals surface area contributed by atoms with Gasteiger partial charge in [0.2, 0.25) is 0 Å². The Kier molecular flexibility index (Phi) is 4.28. The highest BCUT2D eigenvalue weighted by atomic mass is 35.5. The molecular weight excluding hydrogens is 251 g/mol. The normalized spacial score (nSPS) is 10.6. The molecule has 0 fully saturated rings. The molecule has 0 saturated heterocycles. The summed E-state index contributed by atoms with van der Waals surface area (Å²) in [5.41, 5.74) is 2.93. The highest BCUT2D eigenvalue weighted by Gasteiger charge is 1.99. The summed E-state index contributed by atoms with van der Waals surface area (Å²) in [7, 11) is 0. The number of aryl methyl sites for hydroxylation is 1. The predicted octanol–water partition coefficient (Wildman–Crippen LogP) is 3.47. The highest BCUT2D eigenvalue weighted by molar-refractivity contribution is 6.30. The number of hydrogen-bond acceptors (Lipinski definition) is 2. The topological polar surface area (TPSA) is 24.9 Å². The molecule has 0 saturated carbocycles. The maximum absolute atomic E-state index is 13.1. The Labute approximate surface area is 111 Å². The molecule has 0 amide bonds. The summed E-state index contributed by atoms with van der Waals surface area (Å²) in [6.07, 6.45) is 1.83. The summed E-state index contributed by atoms with van der Waals surface area (Å²) in [5.74, 6) is -0.309. The van der Waals surface area contributed by atoms with Crippen molar-refractivity contribution in [1.82, 2.24) is 10.3 Å². The standard InChI is InChI=1S/C14H14ClFN2/c1-10-2-3-11(9-18-10)7-17-8-12-4-13(15)6-14(16)5-12/h2-6,9,17H,7-8H2,1H3. The van der Waals surface area contributed by atoms with Crippen molar-refractivity contribution in [2.75, 3.05) is 0 Å². The second-order valence-electron chi connectivity index (χ2n) is 4.19. The molecule has 1 aromatic heterocycles. The molecule has 2 rings (SSSR count). The Morgan fingerprint density at radius 2 is 1.94 bits per heavy atom. The minimum Gasteiger partial charge on any atom is -0.309 e. The van der Waals surface area contributed by atoms with Crippen LogP contribution in [0.5, 0.6) is 0 Å². The van der Waals surface area contributed by atoms with Crippen LogP contribution in [0.4, 0.5) is 4.39 Å². The molecule has 0 aliphatic rings. The summed E-state index contributed by atoms with van der Waals surface area (Å²) in [4.78, 5) is 4.21. The van der Waals surface area contributed by atoms with E-state index in [0.29, 0.717) is 18.1 Å². The maximum Gasteiger partial charge on any atom is 0.125 e. The average molecular weight is 265 g/mol. The zero-order chi connectivity index (χ0) is 13.0. The number of benzene rings is 1. The Morgan fingerprint density at radius 3 is 2.61 bits per heavy atom. The molecule has 0 bridgehead atoms. The number of aromatic nitrogens is 1. The van der Waals surface area contributed by atoms with Crippen LogP contribution in [-0.4, -0.2) is 4.98 Å². The van der Waals surface area contributed by atoms with E-state index in [-0.39, 0.29) is 5.82 Å². The first kappa shape index (κ1) is 13.0. The molecule has 1 aromatic carbocycles. The van der Waals surface area contributed by atoms with Gasteiger partial charge in [0.15, 0.2) is 0 Å². The molecule has 0 unspecified atom stereocenters. The average Bonchev–Trinajstić information content (AvgIpc) is 2.30. The fraction of sp³-hybridized carbons (Fsp3) is 0.214. The Balaban J connectivity index is 1.90. The van der Waals surface area contributed by atoms with Crippen molar-refractivity contribution < 1.29 is 4.39 Å². The zero-order valence-electron chi connectivity index (χ0n) is 10.1. The fourth-order valence-corrected chi connectivity index (χ4v) is 1.91. The van der Waals surface area contributed by atoms with E-state index in [1.54, 1.807) is 6.07 Å². The van der Waals surface area contributed by atoms with Crippen LogP contribution in [0.2, 0.25) is 5.02 Å². The van der Waals surface area contributed by atoms with Crippen LogP contribution in [0.25, 0.3) is 0 Å². The number of nitrogens with zero attached hydrogens (tertiary/aromatic N) is 1. The van der Waals surface area contributed by atoms with Gasteiger partial charge in [0.25, 0.3) is 0 Å². The molecule has 94 valence electrons. The van der Waals surface area contributed by atoms with Gasteiger partial charge in [0.05, 0.1) is 0 Å². The van der Waals surface area contributed by atoms with Gasteiger partial charge in [0.1, 0.15) is 5.82 Å². The van der Waals surface area contributed by atoms with Gasteiger partial charge < -0.3 is 5.32 Å². The second-order valence-corrected chi connectivity index (χ2v) is 4.63. The van der Waals surface area contributed by atoms with E-state index in [1.807, 2.05) is 25.3 Å². The molecule has 0 aliphatic heterocycles. The molecule has 2 nitrogen and oxygen atoms in total. The third kappa shape index (κ3) is 3.79. The van der Waals surface area contributed by atoms with Crippen molar-refractivity contribution in [2.24, 2.45) is 0 Å². The first-order chi connectivity index (χ1) is 8.63. The largest absolute Gasteiger partial charge is 0.309 e. The quantitative estimate of drug-likeness (QED) is 0.915. The number of rotatable bonds is 4. The van der Waals surface area contributed by atoms with E-state index in [9.17, 15) is 4.39 Å². The van der Waals surface area contributed by atoms with Gasteiger partial charge in [-0.1, -0.05) is 17.7 Å². The van der Waals surface area contributed by atoms with Crippen LogP contribution in [-0.2, 0) is 13.1 Å². The van der Waals surface area contributed by atoms with Crippen LogP contribution in [0.3, 0.4) is 0 Å². The second kappa shape index (κ2) is 5.94. The SMILES string of the molecule is Cc1ccc(CNCc2cc(F)cc(Cl)c2)cn1. The first-order valence-corrected chi connectivity index (χ1v) is 6.08. The molecule has 1 heterocycles. The smallest absolute Gasteiger partial charge is 0.125 e. The monoisotopic (exact) mass is 264 g/mol. The molecule has 0 radical (unpaired) electrons. The van der Waals surface area contributed by atoms with Crippen molar-refractivity contribution in [2.45, 2.75) is 20.0 Å². The van der Waals surface area contributed by atoms with Crippen molar-refractivity contribution >= 4 is 11.6 Å². The molecule has 0 spiro atoms. The summed E-state index contributed by atoms with van der Waals surface area (Å²) < 4.78 is 13.1. The lowest BCUT2D eigenvalue weighted by Crippen LogP contribution is -2.13. The maximum atomic E-state index is 13.1. The van der Waals surface area contributed by atoms with E-state index < -0.39 is 0 Å². The molecule has 0 atom stereocenters. The molecule has 2 aromatic rings. The van der Waals surface area contributed by atoms with Crippen molar-refractivity contribution in [3.63, 3.8) is 0 Å². The predicted molar refractivity (Wildman–Crippen MR) is 70.9 cm³/mol. The number of nitrogens with one attached hydrogen (secondary N) is 1. The molecule has 18 heavy (non-hydrogen) atoms.